The smallest absolute Gasteiger partial charge is 0.334 e. The van der Waals surface area contributed by atoms with Gasteiger partial charge in [-0.05, 0) is 16.7 Å². The molecule has 0 amide bonds. The molecule has 1 aliphatic heterocycles. The molecule has 1 aliphatic rings. The van der Waals surface area contributed by atoms with Crippen molar-refractivity contribution in [1.82, 2.24) is 0 Å². The molecule has 1 N–H and O–H groups in total. The monoisotopic (exact) mass is 266 g/mol. The summed E-state index contributed by atoms with van der Waals surface area (Å²) < 4.78 is 5.21. The Balaban J connectivity index is 1.84. The Labute approximate surface area is 117 Å². The molecule has 1 unspecified atom stereocenters. The number of hydrogen-bond donors (Lipinski definition) is 1. The normalized spacial score (nSPS) is 18.3. The van der Waals surface area contributed by atoms with E-state index < -0.39 is 12.1 Å². The first kappa shape index (κ1) is 12.5. The van der Waals surface area contributed by atoms with Gasteiger partial charge in [0.05, 0.1) is 6.08 Å². The predicted molar refractivity (Wildman–Crippen MR) is 76.0 cm³/mol. The van der Waals surface area contributed by atoms with Gasteiger partial charge in [0.25, 0.3) is 0 Å². The third kappa shape index (κ3) is 2.57. The third-order valence-corrected chi connectivity index (χ3v) is 3.33. The second kappa shape index (κ2) is 5.21. The van der Waals surface area contributed by atoms with Crippen LogP contribution in [0.4, 0.5) is 0 Å². The maximum Gasteiger partial charge on any atom is 0.334 e. The van der Waals surface area contributed by atoms with E-state index in [-0.39, 0.29) is 5.76 Å². The number of hydrogen-bond acceptors (Lipinski definition) is 3. The summed E-state index contributed by atoms with van der Waals surface area (Å²) in [5.41, 5.74) is 3.14. The van der Waals surface area contributed by atoms with Gasteiger partial charge in [0.15, 0.2) is 0 Å². The summed E-state index contributed by atoms with van der Waals surface area (Å²) in [6, 6.07) is 17.9. The Morgan fingerprint density at radius 1 is 0.950 bits per heavy atom. The van der Waals surface area contributed by atoms with Gasteiger partial charge in [0, 0.05) is 6.42 Å². The Hall–Kier alpha value is -2.55. The van der Waals surface area contributed by atoms with Crippen LogP contribution in [0.1, 0.15) is 18.1 Å². The van der Waals surface area contributed by atoms with Crippen LogP contribution < -0.4 is 0 Å². The lowest BCUT2D eigenvalue weighted by atomic mass is 9.99. The largest absolute Gasteiger partial charge is 0.512 e. The molecule has 0 saturated heterocycles. The Morgan fingerprint density at radius 3 is 2.25 bits per heavy atom. The molecule has 0 saturated carbocycles. The van der Waals surface area contributed by atoms with Crippen molar-refractivity contribution >= 4 is 5.97 Å². The van der Waals surface area contributed by atoms with Gasteiger partial charge in [-0.15, -0.1) is 0 Å². The van der Waals surface area contributed by atoms with Gasteiger partial charge in [-0.1, -0.05) is 54.6 Å². The number of ether oxygens (including phenoxy) is 1. The fourth-order valence-electron chi connectivity index (χ4n) is 2.31. The zero-order chi connectivity index (χ0) is 13.9. The Morgan fingerprint density at radius 2 is 1.60 bits per heavy atom. The molecule has 1 atom stereocenters. The lowest BCUT2D eigenvalue weighted by molar-refractivity contribution is -0.145. The van der Waals surface area contributed by atoms with Crippen LogP contribution >= 0.6 is 0 Å². The van der Waals surface area contributed by atoms with E-state index in [1.54, 1.807) is 0 Å². The minimum absolute atomic E-state index is 0.0679. The van der Waals surface area contributed by atoms with E-state index in [1.807, 2.05) is 54.6 Å². The topological polar surface area (TPSA) is 46.5 Å². The van der Waals surface area contributed by atoms with Crippen molar-refractivity contribution < 1.29 is 14.6 Å². The highest BCUT2D eigenvalue weighted by Crippen LogP contribution is 2.29. The number of aliphatic hydroxyl groups is 1. The van der Waals surface area contributed by atoms with E-state index in [2.05, 4.69) is 0 Å². The molecule has 0 aliphatic carbocycles. The van der Waals surface area contributed by atoms with Crippen LogP contribution in [-0.2, 0) is 9.53 Å². The van der Waals surface area contributed by atoms with Crippen LogP contribution in [-0.4, -0.2) is 11.1 Å². The first-order valence-electron chi connectivity index (χ1n) is 6.48. The molecular formula is C17H14O3. The van der Waals surface area contributed by atoms with E-state index in [0.717, 1.165) is 22.8 Å². The van der Waals surface area contributed by atoms with Gasteiger partial charge in [-0.2, -0.15) is 0 Å². The summed E-state index contributed by atoms with van der Waals surface area (Å²) in [6.45, 7) is 0. The molecule has 3 heteroatoms. The number of esters is 1. The van der Waals surface area contributed by atoms with Crippen LogP contribution in [0.25, 0.3) is 11.1 Å². The molecule has 0 aromatic heterocycles. The maximum atomic E-state index is 11.3. The zero-order valence-electron chi connectivity index (χ0n) is 10.8. The molecule has 20 heavy (non-hydrogen) atoms. The molecule has 2 aromatic rings. The third-order valence-electron chi connectivity index (χ3n) is 3.33. The summed E-state index contributed by atoms with van der Waals surface area (Å²) in [7, 11) is 0. The average molecular weight is 266 g/mol. The number of benzene rings is 2. The van der Waals surface area contributed by atoms with E-state index in [0.29, 0.717) is 6.42 Å². The van der Waals surface area contributed by atoms with E-state index in [4.69, 9.17) is 4.74 Å². The van der Waals surface area contributed by atoms with Crippen molar-refractivity contribution in [2.75, 3.05) is 0 Å². The van der Waals surface area contributed by atoms with Gasteiger partial charge in [0.2, 0.25) is 0 Å². The second-order valence-electron chi connectivity index (χ2n) is 4.75. The molecule has 0 fully saturated rings. The van der Waals surface area contributed by atoms with Crippen molar-refractivity contribution in [3.8, 4) is 11.1 Å². The fraction of sp³-hybridized carbons (Fsp3) is 0.118. The number of rotatable bonds is 2. The summed E-state index contributed by atoms with van der Waals surface area (Å²) in [5.74, 6) is -0.427. The quantitative estimate of drug-likeness (QED) is 0.841. The minimum Gasteiger partial charge on any atom is -0.512 e. The second-order valence-corrected chi connectivity index (χ2v) is 4.75. The minimum atomic E-state index is -0.495. The maximum absolute atomic E-state index is 11.3. The molecule has 0 bridgehead atoms. The van der Waals surface area contributed by atoms with Crippen molar-refractivity contribution in [1.29, 1.82) is 0 Å². The number of carbonyl (C=O) groups is 1. The van der Waals surface area contributed by atoms with Crippen molar-refractivity contribution in [2.24, 2.45) is 0 Å². The van der Waals surface area contributed by atoms with Crippen LogP contribution in [0.3, 0.4) is 0 Å². The summed E-state index contributed by atoms with van der Waals surface area (Å²) >= 11 is 0. The average Bonchev–Trinajstić information content (AvgIpc) is 2.47. The van der Waals surface area contributed by atoms with Crippen LogP contribution in [0, 0.1) is 0 Å². The molecule has 1 heterocycles. The van der Waals surface area contributed by atoms with E-state index in [9.17, 15) is 9.90 Å². The van der Waals surface area contributed by atoms with Crippen LogP contribution in [0.5, 0.6) is 0 Å². The SMILES string of the molecule is O=C1C=C(O)CC(c2ccc(-c3ccccc3)cc2)O1. The highest BCUT2D eigenvalue weighted by Gasteiger charge is 2.22. The highest BCUT2D eigenvalue weighted by molar-refractivity contribution is 5.83. The highest BCUT2D eigenvalue weighted by atomic mass is 16.5. The first-order valence-corrected chi connectivity index (χ1v) is 6.48. The number of carbonyl (C=O) groups excluding carboxylic acids is 1. The van der Waals surface area contributed by atoms with Gasteiger partial charge < -0.3 is 9.84 Å². The van der Waals surface area contributed by atoms with E-state index >= 15 is 0 Å². The zero-order valence-corrected chi connectivity index (χ0v) is 10.8. The lowest BCUT2D eigenvalue weighted by Crippen LogP contribution is -2.15. The molecule has 0 spiro atoms. The summed E-state index contributed by atoms with van der Waals surface area (Å²) in [4.78, 5) is 11.3. The molecule has 2 aromatic carbocycles. The lowest BCUT2D eigenvalue weighted by Gasteiger charge is -2.21. The Bertz CT molecular complexity index is 642. The number of cyclic esters (lactones) is 1. The van der Waals surface area contributed by atoms with Crippen molar-refractivity contribution in [3.63, 3.8) is 0 Å². The molecule has 3 nitrogen and oxygen atoms in total. The van der Waals surface area contributed by atoms with Gasteiger partial charge in [0.1, 0.15) is 11.9 Å². The Kier molecular flexibility index (Phi) is 3.25. The molecular weight excluding hydrogens is 252 g/mol. The van der Waals surface area contributed by atoms with Gasteiger partial charge in [-0.25, -0.2) is 4.79 Å². The summed E-state index contributed by atoms with van der Waals surface area (Å²) in [6.07, 6.45) is 1.04. The fourth-order valence-corrected chi connectivity index (χ4v) is 2.31. The van der Waals surface area contributed by atoms with E-state index in [1.165, 1.54) is 0 Å². The van der Waals surface area contributed by atoms with Crippen molar-refractivity contribution in [2.45, 2.75) is 12.5 Å². The predicted octanol–water partition coefficient (Wildman–Crippen LogP) is 3.78. The molecule has 3 rings (SSSR count). The van der Waals surface area contributed by atoms with Crippen molar-refractivity contribution in [3.05, 3.63) is 72.0 Å². The first-order chi connectivity index (χ1) is 9.72. The molecule has 0 radical (unpaired) electrons. The van der Waals surface area contributed by atoms with Crippen LogP contribution in [0.2, 0.25) is 0 Å². The number of aliphatic hydroxyl groups excluding tert-OH is 1. The molecule has 100 valence electrons. The summed E-state index contributed by atoms with van der Waals surface area (Å²) in [5, 5.41) is 9.50. The van der Waals surface area contributed by atoms with Crippen LogP contribution in [0.15, 0.2) is 66.4 Å². The van der Waals surface area contributed by atoms with Gasteiger partial charge >= 0.3 is 5.97 Å². The standard InChI is InChI=1S/C17H14O3/c18-15-10-16(20-17(19)11-15)14-8-6-13(7-9-14)12-4-2-1-3-5-12/h1-9,11,16,18H,10H2. The van der Waals surface area contributed by atoms with Gasteiger partial charge in [-0.3, -0.25) is 0 Å².